The Labute approximate surface area is 126 Å². The number of hydrogen-bond acceptors (Lipinski definition) is 2. The van der Waals surface area contributed by atoms with Gasteiger partial charge in [-0.15, -0.1) is 0 Å². The Morgan fingerprint density at radius 3 is 2.48 bits per heavy atom. The first-order chi connectivity index (χ1) is 10.3. The molecule has 0 saturated heterocycles. The van der Waals surface area contributed by atoms with Crippen LogP contribution in [0.2, 0.25) is 0 Å². The minimum Gasteiger partial charge on any atom is -0.371 e. The number of fused-ring (bicyclic) bond motifs is 1. The minimum atomic E-state index is 0.429. The monoisotopic (exact) mass is 276 g/mol. The Balaban J connectivity index is 1.88. The van der Waals surface area contributed by atoms with Crippen molar-refractivity contribution in [1.29, 1.82) is 0 Å². The molecular formula is C19H20N2. The van der Waals surface area contributed by atoms with Crippen LogP contribution in [0.15, 0.2) is 66.9 Å². The third-order valence-electron chi connectivity index (χ3n) is 4.04. The van der Waals surface area contributed by atoms with Crippen LogP contribution in [0.1, 0.15) is 12.5 Å². The number of benzene rings is 2. The summed E-state index contributed by atoms with van der Waals surface area (Å²) in [5, 5.41) is 1.21. The van der Waals surface area contributed by atoms with Crippen molar-refractivity contribution in [3.05, 3.63) is 72.4 Å². The molecule has 0 N–H and O–H groups in total. The molecule has 0 bridgehead atoms. The van der Waals surface area contributed by atoms with Gasteiger partial charge in [0.1, 0.15) is 0 Å². The first kappa shape index (κ1) is 13.6. The maximum atomic E-state index is 4.44. The Morgan fingerprint density at radius 1 is 0.952 bits per heavy atom. The number of rotatable bonds is 4. The summed E-state index contributed by atoms with van der Waals surface area (Å²) in [5.74, 6) is 0. The zero-order valence-corrected chi connectivity index (χ0v) is 12.5. The largest absolute Gasteiger partial charge is 0.371 e. The van der Waals surface area contributed by atoms with E-state index in [1.54, 1.807) is 0 Å². The molecule has 2 aromatic carbocycles. The lowest BCUT2D eigenvalue weighted by atomic mass is 10.0. The highest BCUT2D eigenvalue weighted by atomic mass is 15.1. The van der Waals surface area contributed by atoms with E-state index in [1.165, 1.54) is 16.6 Å². The van der Waals surface area contributed by atoms with Gasteiger partial charge in [-0.2, -0.15) is 0 Å². The standard InChI is InChI=1S/C19H20N2/c1-15(14-16-8-4-3-5-9-16)21(2)19-12-13-20-18-11-7-6-10-17(18)19/h3-13,15H,14H2,1-2H3. The molecule has 1 atom stereocenters. The molecule has 0 radical (unpaired) electrons. The fourth-order valence-electron chi connectivity index (χ4n) is 2.72. The summed E-state index contributed by atoms with van der Waals surface area (Å²) in [6, 6.07) is 21.5. The van der Waals surface area contributed by atoms with Crippen molar-refractivity contribution in [2.24, 2.45) is 0 Å². The Morgan fingerprint density at radius 2 is 1.67 bits per heavy atom. The topological polar surface area (TPSA) is 16.1 Å². The molecule has 0 fully saturated rings. The highest BCUT2D eigenvalue weighted by Gasteiger charge is 2.13. The van der Waals surface area contributed by atoms with Crippen molar-refractivity contribution in [1.82, 2.24) is 4.98 Å². The molecule has 1 heterocycles. The van der Waals surface area contributed by atoms with E-state index in [0.29, 0.717) is 6.04 Å². The number of hydrogen-bond donors (Lipinski definition) is 0. The van der Waals surface area contributed by atoms with E-state index in [1.807, 2.05) is 12.3 Å². The number of likely N-dealkylation sites (N-methyl/N-ethyl adjacent to an activating group) is 1. The summed E-state index contributed by atoms with van der Waals surface area (Å²) in [7, 11) is 2.16. The molecule has 2 heteroatoms. The molecule has 0 aliphatic heterocycles. The summed E-state index contributed by atoms with van der Waals surface area (Å²) in [6.07, 6.45) is 2.93. The predicted octanol–water partition coefficient (Wildman–Crippen LogP) is 4.30. The van der Waals surface area contributed by atoms with Gasteiger partial charge in [0.05, 0.1) is 5.52 Å². The van der Waals surface area contributed by atoms with Gasteiger partial charge < -0.3 is 4.90 Å². The molecule has 3 rings (SSSR count). The van der Waals surface area contributed by atoms with Crippen LogP contribution in [-0.4, -0.2) is 18.1 Å². The predicted molar refractivity (Wildman–Crippen MR) is 89.8 cm³/mol. The molecule has 1 aromatic heterocycles. The van der Waals surface area contributed by atoms with E-state index < -0.39 is 0 Å². The highest BCUT2D eigenvalue weighted by molar-refractivity contribution is 5.91. The second-order valence-corrected chi connectivity index (χ2v) is 5.50. The van der Waals surface area contributed by atoms with E-state index in [2.05, 4.69) is 78.5 Å². The van der Waals surface area contributed by atoms with Crippen molar-refractivity contribution in [2.75, 3.05) is 11.9 Å². The first-order valence-corrected chi connectivity index (χ1v) is 7.36. The quantitative estimate of drug-likeness (QED) is 0.706. The maximum Gasteiger partial charge on any atom is 0.0722 e. The lowest BCUT2D eigenvalue weighted by Gasteiger charge is -2.28. The zero-order chi connectivity index (χ0) is 14.7. The second kappa shape index (κ2) is 5.96. The SMILES string of the molecule is CC(Cc1ccccc1)N(C)c1ccnc2ccccc12. The van der Waals surface area contributed by atoms with E-state index in [9.17, 15) is 0 Å². The molecule has 0 aliphatic rings. The van der Waals surface area contributed by atoms with Gasteiger partial charge in [0.15, 0.2) is 0 Å². The van der Waals surface area contributed by atoms with Crippen LogP contribution >= 0.6 is 0 Å². The summed E-state index contributed by atoms with van der Waals surface area (Å²) in [6.45, 7) is 2.27. The van der Waals surface area contributed by atoms with E-state index in [-0.39, 0.29) is 0 Å². The molecule has 1 unspecified atom stereocenters. The maximum absolute atomic E-state index is 4.44. The van der Waals surface area contributed by atoms with Gasteiger partial charge in [-0.3, -0.25) is 4.98 Å². The minimum absolute atomic E-state index is 0.429. The van der Waals surface area contributed by atoms with Gasteiger partial charge in [0, 0.05) is 30.4 Å². The molecule has 0 amide bonds. The van der Waals surface area contributed by atoms with Crippen molar-refractivity contribution in [3.63, 3.8) is 0 Å². The smallest absolute Gasteiger partial charge is 0.0722 e. The van der Waals surface area contributed by atoms with Crippen LogP contribution in [0.25, 0.3) is 10.9 Å². The van der Waals surface area contributed by atoms with Gasteiger partial charge in [0.2, 0.25) is 0 Å². The lowest BCUT2D eigenvalue weighted by molar-refractivity contribution is 0.684. The number of aromatic nitrogens is 1. The van der Waals surface area contributed by atoms with Crippen molar-refractivity contribution >= 4 is 16.6 Å². The molecule has 0 spiro atoms. The third kappa shape index (κ3) is 2.89. The van der Waals surface area contributed by atoms with Crippen LogP contribution in [0, 0.1) is 0 Å². The van der Waals surface area contributed by atoms with Crippen LogP contribution in [0.5, 0.6) is 0 Å². The highest BCUT2D eigenvalue weighted by Crippen LogP contribution is 2.26. The number of pyridine rings is 1. The van der Waals surface area contributed by atoms with Gasteiger partial charge in [-0.25, -0.2) is 0 Å². The van der Waals surface area contributed by atoms with Gasteiger partial charge in [-0.1, -0.05) is 48.5 Å². The van der Waals surface area contributed by atoms with Crippen molar-refractivity contribution in [3.8, 4) is 0 Å². The molecule has 21 heavy (non-hydrogen) atoms. The molecule has 2 nitrogen and oxygen atoms in total. The van der Waals surface area contributed by atoms with Crippen molar-refractivity contribution < 1.29 is 0 Å². The number of para-hydroxylation sites is 1. The Bertz CT molecular complexity index is 716. The molecule has 0 saturated carbocycles. The molecule has 106 valence electrons. The van der Waals surface area contributed by atoms with Crippen LogP contribution in [-0.2, 0) is 6.42 Å². The second-order valence-electron chi connectivity index (χ2n) is 5.50. The fraction of sp³-hybridized carbons (Fsp3) is 0.211. The average Bonchev–Trinajstić information content (AvgIpc) is 2.54. The van der Waals surface area contributed by atoms with Gasteiger partial charge in [0.25, 0.3) is 0 Å². The van der Waals surface area contributed by atoms with Crippen LogP contribution in [0.4, 0.5) is 5.69 Å². The average molecular weight is 276 g/mol. The zero-order valence-electron chi connectivity index (χ0n) is 12.5. The first-order valence-electron chi connectivity index (χ1n) is 7.36. The van der Waals surface area contributed by atoms with E-state index >= 15 is 0 Å². The van der Waals surface area contributed by atoms with E-state index in [4.69, 9.17) is 0 Å². The number of nitrogens with zero attached hydrogens (tertiary/aromatic N) is 2. The summed E-state index contributed by atoms with van der Waals surface area (Å²) >= 11 is 0. The third-order valence-corrected chi connectivity index (χ3v) is 4.04. The number of anilines is 1. The molecular weight excluding hydrogens is 256 g/mol. The van der Waals surface area contributed by atoms with E-state index in [0.717, 1.165) is 11.9 Å². The van der Waals surface area contributed by atoms with Crippen LogP contribution < -0.4 is 4.90 Å². The Kier molecular flexibility index (Phi) is 3.87. The van der Waals surface area contributed by atoms with Crippen LogP contribution in [0.3, 0.4) is 0 Å². The summed E-state index contributed by atoms with van der Waals surface area (Å²) in [4.78, 5) is 6.79. The summed E-state index contributed by atoms with van der Waals surface area (Å²) < 4.78 is 0. The fourth-order valence-corrected chi connectivity index (χ4v) is 2.72. The molecule has 0 aliphatic carbocycles. The van der Waals surface area contributed by atoms with Gasteiger partial charge >= 0.3 is 0 Å². The van der Waals surface area contributed by atoms with Gasteiger partial charge in [-0.05, 0) is 31.0 Å². The summed E-state index contributed by atoms with van der Waals surface area (Å²) in [5.41, 5.74) is 3.66. The van der Waals surface area contributed by atoms with Crippen molar-refractivity contribution in [2.45, 2.75) is 19.4 Å². The Hall–Kier alpha value is -2.35. The molecule has 3 aromatic rings. The lowest BCUT2D eigenvalue weighted by Crippen LogP contribution is -2.30. The normalized spacial score (nSPS) is 12.3.